The van der Waals surface area contributed by atoms with Crippen molar-refractivity contribution in [3.8, 4) is 17.0 Å². The van der Waals surface area contributed by atoms with E-state index in [1.807, 2.05) is 66.7 Å². The van der Waals surface area contributed by atoms with Gasteiger partial charge in [-0.1, -0.05) is 48.5 Å². The number of aromatic nitrogens is 2. The molecule has 1 fully saturated rings. The number of anilines is 1. The van der Waals surface area contributed by atoms with Crippen molar-refractivity contribution in [3.05, 3.63) is 73.1 Å². The Balaban J connectivity index is 1.24. The molecule has 0 bridgehead atoms. The number of hydrogen-bond donors (Lipinski definition) is 1. The maximum absolute atomic E-state index is 12.3. The van der Waals surface area contributed by atoms with Crippen LogP contribution in [0.3, 0.4) is 0 Å². The summed E-state index contributed by atoms with van der Waals surface area (Å²) in [6.07, 6.45) is 1.58. The van der Waals surface area contributed by atoms with Gasteiger partial charge in [-0.25, -0.2) is 9.97 Å². The van der Waals surface area contributed by atoms with Gasteiger partial charge in [-0.15, -0.1) is 0 Å². The predicted octanol–water partition coefficient (Wildman–Crippen LogP) is 2.78. The van der Waals surface area contributed by atoms with E-state index < -0.39 is 0 Å². The molecule has 0 saturated carbocycles. The Kier molecular flexibility index (Phi) is 5.47. The summed E-state index contributed by atoms with van der Waals surface area (Å²) in [5.74, 6) is 1.70. The number of amides is 1. The second-order valence-corrected chi connectivity index (χ2v) is 6.68. The van der Waals surface area contributed by atoms with Gasteiger partial charge in [0.15, 0.2) is 0 Å². The van der Waals surface area contributed by atoms with E-state index in [-0.39, 0.29) is 11.8 Å². The van der Waals surface area contributed by atoms with Crippen LogP contribution in [0.4, 0.5) is 5.82 Å². The summed E-state index contributed by atoms with van der Waals surface area (Å²) in [5, 5.41) is 2.94. The number of nitrogens with one attached hydrogen (secondary N) is 1. The monoisotopic (exact) mass is 374 g/mol. The molecule has 1 saturated heterocycles. The first-order chi connectivity index (χ1) is 13.8. The van der Waals surface area contributed by atoms with Crippen LogP contribution >= 0.6 is 0 Å². The third kappa shape index (κ3) is 4.28. The quantitative estimate of drug-likeness (QED) is 0.644. The first-order valence-electron chi connectivity index (χ1n) is 9.37. The summed E-state index contributed by atoms with van der Waals surface area (Å²) in [5.41, 5.74) is 1.94. The number of carbonyl (C=O) groups excluding carboxylic acids is 1. The fourth-order valence-electron chi connectivity index (χ4n) is 3.12. The van der Waals surface area contributed by atoms with Crippen LogP contribution in [-0.2, 0) is 4.79 Å². The van der Waals surface area contributed by atoms with Gasteiger partial charge in [0.1, 0.15) is 24.5 Å². The highest BCUT2D eigenvalue weighted by Gasteiger charge is 2.33. The molecule has 2 aromatic carbocycles. The molecule has 1 aromatic heterocycles. The second-order valence-electron chi connectivity index (χ2n) is 6.68. The normalized spacial score (nSPS) is 13.6. The third-order valence-electron chi connectivity index (χ3n) is 4.71. The van der Waals surface area contributed by atoms with E-state index in [0.29, 0.717) is 26.2 Å². The van der Waals surface area contributed by atoms with Gasteiger partial charge in [0.2, 0.25) is 5.91 Å². The molecule has 6 nitrogen and oxygen atoms in total. The van der Waals surface area contributed by atoms with Crippen LogP contribution < -0.4 is 15.0 Å². The summed E-state index contributed by atoms with van der Waals surface area (Å²) in [4.78, 5) is 23.1. The summed E-state index contributed by atoms with van der Waals surface area (Å²) in [6, 6.07) is 21.6. The molecule has 0 atom stereocenters. The Hall–Kier alpha value is -3.41. The van der Waals surface area contributed by atoms with Gasteiger partial charge in [-0.2, -0.15) is 0 Å². The van der Waals surface area contributed by atoms with Crippen molar-refractivity contribution in [2.45, 2.75) is 0 Å². The van der Waals surface area contributed by atoms with Gasteiger partial charge in [-0.3, -0.25) is 4.79 Å². The molecule has 1 aliphatic heterocycles. The molecule has 1 amide bonds. The van der Waals surface area contributed by atoms with Crippen molar-refractivity contribution in [2.75, 3.05) is 31.1 Å². The van der Waals surface area contributed by atoms with Gasteiger partial charge >= 0.3 is 0 Å². The molecule has 4 rings (SSSR count). The average molecular weight is 374 g/mol. The lowest BCUT2D eigenvalue weighted by atomic mass is 9.99. The summed E-state index contributed by atoms with van der Waals surface area (Å²) >= 11 is 0. The molecule has 0 spiro atoms. The highest BCUT2D eigenvalue weighted by Crippen LogP contribution is 2.26. The number of ether oxygens (including phenoxy) is 1. The smallest absolute Gasteiger partial charge is 0.226 e. The Bertz CT molecular complexity index is 912. The lowest BCUT2D eigenvalue weighted by Crippen LogP contribution is -2.54. The van der Waals surface area contributed by atoms with Crippen molar-refractivity contribution in [1.29, 1.82) is 0 Å². The summed E-state index contributed by atoms with van der Waals surface area (Å²) in [7, 11) is 0. The van der Waals surface area contributed by atoms with Crippen molar-refractivity contribution >= 4 is 11.7 Å². The van der Waals surface area contributed by atoms with E-state index in [1.165, 1.54) is 0 Å². The Labute approximate surface area is 164 Å². The molecule has 6 heteroatoms. The second kappa shape index (κ2) is 8.52. The zero-order valence-electron chi connectivity index (χ0n) is 15.5. The van der Waals surface area contributed by atoms with Crippen molar-refractivity contribution in [2.24, 2.45) is 5.92 Å². The lowest BCUT2D eigenvalue weighted by molar-refractivity contribution is -0.125. The molecule has 2 heterocycles. The zero-order valence-corrected chi connectivity index (χ0v) is 15.5. The van der Waals surface area contributed by atoms with E-state index in [4.69, 9.17) is 4.74 Å². The molecule has 28 heavy (non-hydrogen) atoms. The van der Waals surface area contributed by atoms with Gasteiger partial charge in [-0.05, 0) is 12.1 Å². The Morgan fingerprint density at radius 1 is 1.04 bits per heavy atom. The standard InChI is InChI=1S/C22H22N4O2/c27-22(23-11-12-28-19-9-5-2-6-10-19)18-14-26(15-18)21-13-20(24-16-25-21)17-7-3-1-4-8-17/h1-10,13,16,18H,11-12,14-15H2,(H,23,27). The molecule has 0 radical (unpaired) electrons. The van der Waals surface area contributed by atoms with Crippen LogP contribution in [-0.4, -0.2) is 42.1 Å². The average Bonchev–Trinajstić information content (AvgIpc) is 2.72. The molecule has 3 aromatic rings. The van der Waals surface area contributed by atoms with Gasteiger partial charge < -0.3 is 15.0 Å². The maximum atomic E-state index is 12.3. The largest absolute Gasteiger partial charge is 0.492 e. The van der Waals surface area contributed by atoms with E-state index >= 15 is 0 Å². The third-order valence-corrected chi connectivity index (χ3v) is 4.71. The van der Waals surface area contributed by atoms with E-state index in [1.54, 1.807) is 6.33 Å². The van der Waals surface area contributed by atoms with Gasteiger partial charge in [0.25, 0.3) is 0 Å². The van der Waals surface area contributed by atoms with E-state index in [0.717, 1.165) is 22.8 Å². The SMILES string of the molecule is O=C(NCCOc1ccccc1)C1CN(c2cc(-c3ccccc3)ncn2)C1. The Morgan fingerprint density at radius 2 is 1.75 bits per heavy atom. The molecule has 1 aliphatic rings. The highest BCUT2D eigenvalue weighted by molar-refractivity contribution is 5.81. The van der Waals surface area contributed by atoms with Gasteiger partial charge in [0, 0.05) is 24.7 Å². The van der Waals surface area contributed by atoms with Crippen molar-refractivity contribution < 1.29 is 9.53 Å². The van der Waals surface area contributed by atoms with Crippen LogP contribution in [0.2, 0.25) is 0 Å². The van der Waals surface area contributed by atoms with Crippen LogP contribution in [0.5, 0.6) is 5.75 Å². The number of nitrogens with zero attached hydrogens (tertiary/aromatic N) is 3. The fraction of sp³-hybridized carbons (Fsp3) is 0.227. The Morgan fingerprint density at radius 3 is 2.50 bits per heavy atom. The van der Waals surface area contributed by atoms with Crippen LogP contribution in [0.15, 0.2) is 73.1 Å². The van der Waals surface area contributed by atoms with E-state index in [9.17, 15) is 4.79 Å². The topological polar surface area (TPSA) is 67.3 Å². The zero-order chi connectivity index (χ0) is 19.2. The first kappa shape index (κ1) is 18.0. The van der Waals surface area contributed by atoms with E-state index in [2.05, 4.69) is 20.2 Å². The van der Waals surface area contributed by atoms with Crippen LogP contribution in [0.1, 0.15) is 0 Å². The molecule has 1 N–H and O–H groups in total. The summed E-state index contributed by atoms with van der Waals surface area (Å²) < 4.78 is 5.59. The molecule has 142 valence electrons. The number of rotatable bonds is 7. The predicted molar refractivity (Wildman–Crippen MR) is 108 cm³/mol. The highest BCUT2D eigenvalue weighted by atomic mass is 16.5. The van der Waals surface area contributed by atoms with Crippen LogP contribution in [0.25, 0.3) is 11.3 Å². The number of benzene rings is 2. The first-order valence-corrected chi connectivity index (χ1v) is 9.37. The minimum Gasteiger partial charge on any atom is -0.492 e. The number of para-hydroxylation sites is 1. The minimum atomic E-state index is -0.0214. The number of hydrogen-bond acceptors (Lipinski definition) is 5. The maximum Gasteiger partial charge on any atom is 0.226 e. The number of carbonyl (C=O) groups is 1. The minimum absolute atomic E-state index is 0.0214. The van der Waals surface area contributed by atoms with Gasteiger partial charge in [0.05, 0.1) is 18.2 Å². The van der Waals surface area contributed by atoms with Crippen LogP contribution in [0, 0.1) is 5.92 Å². The molecule has 0 aliphatic carbocycles. The van der Waals surface area contributed by atoms with Crippen molar-refractivity contribution in [1.82, 2.24) is 15.3 Å². The molecular formula is C22H22N4O2. The molecular weight excluding hydrogens is 352 g/mol. The van der Waals surface area contributed by atoms with Crippen molar-refractivity contribution in [3.63, 3.8) is 0 Å². The fourth-order valence-corrected chi connectivity index (χ4v) is 3.12. The molecule has 0 unspecified atom stereocenters. The lowest BCUT2D eigenvalue weighted by Gasteiger charge is -2.39. The summed E-state index contributed by atoms with van der Waals surface area (Å²) in [6.45, 7) is 2.28.